The number of hydrogen-bond donors (Lipinski definition) is 0. The number of rotatable bonds is 9. The Morgan fingerprint density at radius 2 is 1.55 bits per heavy atom. The zero-order valence-electron chi connectivity index (χ0n) is 23.4. The fraction of sp³-hybridized carbons (Fsp3) is 0.621. The zero-order chi connectivity index (χ0) is 25.8. The summed E-state index contributed by atoms with van der Waals surface area (Å²) in [6, 6.07) is 12.7. The highest BCUT2D eigenvalue weighted by Crippen LogP contribution is 2.32. The summed E-state index contributed by atoms with van der Waals surface area (Å²) in [5.41, 5.74) is 3.21. The predicted molar refractivity (Wildman–Crippen MR) is 145 cm³/mol. The molecule has 2 aromatic rings. The van der Waals surface area contributed by atoms with Gasteiger partial charge in [0.2, 0.25) is 0 Å². The Balaban J connectivity index is 0.00000242. The molecule has 0 aliphatic heterocycles. The van der Waals surface area contributed by atoms with Gasteiger partial charge >= 0.3 is 0 Å². The molecule has 1 aromatic heterocycles. The molecule has 2 rings (SSSR count). The van der Waals surface area contributed by atoms with Gasteiger partial charge < -0.3 is 4.74 Å². The topological polar surface area (TPSA) is 34.5 Å². The Bertz CT molecular complexity index is 839. The average molecular weight is 459 g/mol. The fourth-order valence-electron chi connectivity index (χ4n) is 4.01. The van der Waals surface area contributed by atoms with Crippen molar-refractivity contribution in [3.8, 4) is 5.69 Å². The van der Waals surface area contributed by atoms with Crippen LogP contribution in [0.4, 0.5) is 0 Å². The van der Waals surface area contributed by atoms with Crippen molar-refractivity contribution in [2.45, 2.75) is 106 Å². The number of hydrogen-bond acceptors (Lipinski definition) is 3. The second-order valence-electron chi connectivity index (χ2n) is 8.87. The number of benzene rings is 1. The molecule has 33 heavy (non-hydrogen) atoms. The van der Waals surface area contributed by atoms with Crippen molar-refractivity contribution in [2.75, 3.05) is 14.2 Å². The number of methoxy groups -OCH3 is 1. The Hall–Kier alpha value is -1.91. The van der Waals surface area contributed by atoms with Crippen molar-refractivity contribution in [3.63, 3.8) is 0 Å². The first-order valence-electron chi connectivity index (χ1n) is 12.7. The van der Waals surface area contributed by atoms with Crippen molar-refractivity contribution in [2.24, 2.45) is 0 Å². The fourth-order valence-corrected chi connectivity index (χ4v) is 4.01. The molecule has 0 bridgehead atoms. The third-order valence-corrected chi connectivity index (χ3v) is 6.66. The smallest absolute Gasteiger partial charge is 0.255 e. The normalized spacial score (nSPS) is 13.8. The van der Waals surface area contributed by atoms with Gasteiger partial charge in [-0.1, -0.05) is 66.7 Å². The Morgan fingerprint density at radius 1 is 1.00 bits per heavy atom. The van der Waals surface area contributed by atoms with Crippen LogP contribution in [-0.2, 0) is 10.2 Å². The molecule has 0 fully saturated rings. The van der Waals surface area contributed by atoms with Gasteiger partial charge in [-0.2, -0.15) is 0 Å². The van der Waals surface area contributed by atoms with Gasteiger partial charge in [0.1, 0.15) is 0 Å². The van der Waals surface area contributed by atoms with Crippen LogP contribution < -0.4 is 5.56 Å². The van der Waals surface area contributed by atoms with E-state index in [2.05, 4.69) is 70.8 Å². The number of ether oxygens (including phenoxy) is 1. The standard InChI is InChI=1S/C25H38N2O2.2C2H6/c1-9-22(16-19(3)29-8)26(7)20(4)25(5,6)21-11-13-23(14-12-21)27-17-18(2)10-15-24(27)28;2*1-2/h10-15,17,19-20,22H,9,16H2,1-8H3;2*1-2H3. The minimum Gasteiger partial charge on any atom is -0.382 e. The molecule has 0 aliphatic carbocycles. The summed E-state index contributed by atoms with van der Waals surface area (Å²) in [4.78, 5) is 14.7. The van der Waals surface area contributed by atoms with E-state index in [1.165, 1.54) is 5.56 Å². The van der Waals surface area contributed by atoms with Crippen molar-refractivity contribution in [3.05, 3.63) is 64.1 Å². The van der Waals surface area contributed by atoms with E-state index < -0.39 is 0 Å². The van der Waals surface area contributed by atoms with E-state index in [0.29, 0.717) is 12.1 Å². The molecular weight excluding hydrogens is 408 g/mol. The first kappa shape index (κ1) is 31.1. The minimum absolute atomic E-state index is 0.00578. The van der Waals surface area contributed by atoms with Gasteiger partial charge in [0.05, 0.1) is 6.10 Å². The molecule has 1 heterocycles. The van der Waals surface area contributed by atoms with Crippen molar-refractivity contribution in [1.29, 1.82) is 0 Å². The number of aryl methyl sites for hydroxylation is 1. The van der Waals surface area contributed by atoms with Crippen LogP contribution >= 0.6 is 0 Å². The minimum atomic E-state index is -0.0332. The molecule has 1 aromatic carbocycles. The monoisotopic (exact) mass is 458 g/mol. The molecule has 3 unspecified atom stereocenters. The largest absolute Gasteiger partial charge is 0.382 e. The van der Waals surface area contributed by atoms with Crippen molar-refractivity contribution < 1.29 is 4.74 Å². The van der Waals surface area contributed by atoms with Crippen LogP contribution in [0.1, 0.15) is 86.3 Å². The second kappa shape index (κ2) is 15.1. The molecule has 0 saturated carbocycles. The Kier molecular flexibility index (Phi) is 14.2. The quantitative estimate of drug-likeness (QED) is 0.406. The lowest BCUT2D eigenvalue weighted by Gasteiger charge is -2.43. The molecule has 0 amide bonds. The number of aromatic nitrogens is 1. The van der Waals surface area contributed by atoms with Gasteiger partial charge in [0.25, 0.3) is 5.56 Å². The summed E-state index contributed by atoms with van der Waals surface area (Å²) < 4.78 is 7.21. The van der Waals surface area contributed by atoms with Crippen LogP contribution in [0.25, 0.3) is 5.69 Å². The molecule has 3 atom stereocenters. The van der Waals surface area contributed by atoms with Crippen LogP contribution in [0, 0.1) is 6.92 Å². The summed E-state index contributed by atoms with van der Waals surface area (Å²) in [6.45, 7) is 21.3. The maximum absolute atomic E-state index is 12.2. The number of likely N-dealkylation sites (N-methyl/N-ethyl adjacent to an activating group) is 1. The maximum atomic E-state index is 12.2. The maximum Gasteiger partial charge on any atom is 0.255 e. The second-order valence-corrected chi connectivity index (χ2v) is 8.87. The predicted octanol–water partition coefficient (Wildman–Crippen LogP) is 7.00. The van der Waals surface area contributed by atoms with Crippen molar-refractivity contribution in [1.82, 2.24) is 9.47 Å². The molecule has 0 N–H and O–H groups in total. The lowest BCUT2D eigenvalue weighted by atomic mass is 9.77. The third kappa shape index (κ3) is 8.42. The highest BCUT2D eigenvalue weighted by atomic mass is 16.5. The van der Waals surface area contributed by atoms with Gasteiger partial charge in [-0.25, -0.2) is 0 Å². The van der Waals surface area contributed by atoms with Crippen molar-refractivity contribution >= 4 is 0 Å². The summed E-state index contributed by atoms with van der Waals surface area (Å²) >= 11 is 0. The van der Waals surface area contributed by atoms with Gasteiger partial charge in [0, 0.05) is 42.6 Å². The van der Waals surface area contributed by atoms with Crippen LogP contribution in [0.3, 0.4) is 0 Å². The summed E-state index contributed by atoms with van der Waals surface area (Å²) in [7, 11) is 4.01. The van der Waals surface area contributed by atoms with E-state index >= 15 is 0 Å². The molecule has 0 aliphatic rings. The SMILES string of the molecule is CC.CC.CCC(CC(C)OC)N(C)C(C)C(C)(C)c1ccc(-n2cc(C)ccc2=O)cc1. The van der Waals surface area contributed by atoms with E-state index in [9.17, 15) is 4.79 Å². The van der Waals surface area contributed by atoms with Crippen LogP contribution in [0.2, 0.25) is 0 Å². The lowest BCUT2D eigenvalue weighted by molar-refractivity contribution is 0.0542. The zero-order valence-corrected chi connectivity index (χ0v) is 23.4. The molecule has 0 saturated heterocycles. The first-order valence-corrected chi connectivity index (χ1v) is 12.7. The molecular formula is C29H50N2O2. The van der Waals surface area contributed by atoms with Gasteiger partial charge in [-0.15, -0.1) is 0 Å². The van der Waals surface area contributed by atoms with Gasteiger partial charge in [0.15, 0.2) is 0 Å². The summed E-state index contributed by atoms with van der Waals surface area (Å²) in [5, 5.41) is 0. The lowest BCUT2D eigenvalue weighted by Crippen LogP contribution is -2.49. The molecule has 4 nitrogen and oxygen atoms in total. The molecule has 0 radical (unpaired) electrons. The van der Waals surface area contributed by atoms with Gasteiger partial charge in [-0.3, -0.25) is 14.3 Å². The van der Waals surface area contributed by atoms with E-state index in [1.807, 2.05) is 46.9 Å². The highest BCUT2D eigenvalue weighted by Gasteiger charge is 2.33. The van der Waals surface area contributed by atoms with E-state index in [4.69, 9.17) is 4.74 Å². The Labute approximate surface area is 204 Å². The molecule has 188 valence electrons. The van der Waals surface area contributed by atoms with E-state index in [1.54, 1.807) is 17.7 Å². The summed E-state index contributed by atoms with van der Waals surface area (Å²) in [5.74, 6) is 0. The highest BCUT2D eigenvalue weighted by molar-refractivity contribution is 5.38. The first-order chi connectivity index (χ1) is 15.6. The van der Waals surface area contributed by atoms with E-state index in [0.717, 1.165) is 24.1 Å². The Morgan fingerprint density at radius 3 is 2.03 bits per heavy atom. The number of nitrogens with zero attached hydrogens (tertiary/aromatic N) is 2. The van der Waals surface area contributed by atoms with Gasteiger partial charge in [-0.05, 0) is 63.9 Å². The molecule has 0 spiro atoms. The van der Waals surface area contributed by atoms with Crippen LogP contribution in [-0.4, -0.2) is 41.8 Å². The van der Waals surface area contributed by atoms with Crippen LogP contribution in [0.15, 0.2) is 47.4 Å². The summed E-state index contributed by atoms with van der Waals surface area (Å²) in [6.07, 6.45) is 4.27. The van der Waals surface area contributed by atoms with E-state index in [-0.39, 0.29) is 17.1 Å². The third-order valence-electron chi connectivity index (χ3n) is 6.66. The molecule has 4 heteroatoms. The van der Waals surface area contributed by atoms with Crippen LogP contribution in [0.5, 0.6) is 0 Å². The number of pyridine rings is 1. The average Bonchev–Trinajstić information content (AvgIpc) is 2.85.